The van der Waals surface area contributed by atoms with E-state index in [0.717, 1.165) is 0 Å². The summed E-state index contributed by atoms with van der Waals surface area (Å²) in [6, 6.07) is 0. The monoisotopic (exact) mass is 165 g/mol. The minimum absolute atomic E-state index is 0.486. The molecule has 1 aliphatic rings. The summed E-state index contributed by atoms with van der Waals surface area (Å²) >= 11 is 0. The molecule has 66 valence electrons. The highest BCUT2D eigenvalue weighted by Gasteiger charge is 2.36. The Kier molecular flexibility index (Phi) is 2.35. The first-order chi connectivity index (χ1) is 5.57. The highest BCUT2D eigenvalue weighted by Crippen LogP contribution is 2.14. The van der Waals surface area contributed by atoms with E-state index in [1.54, 1.807) is 0 Å². The quantitative estimate of drug-likeness (QED) is 0.344. The van der Waals surface area contributed by atoms with E-state index in [4.69, 9.17) is 21.8 Å². The molecule has 1 fully saturated rings. The van der Waals surface area contributed by atoms with Gasteiger partial charge in [-0.05, 0) is 0 Å². The van der Waals surface area contributed by atoms with Gasteiger partial charge in [0.15, 0.2) is 0 Å². The number of ether oxygens (including phenoxy) is 1. The molecule has 0 bridgehead atoms. The first kappa shape index (κ1) is 7.45. The molecule has 0 amide bonds. The second-order valence-corrected chi connectivity index (χ2v) is 2.46. The summed E-state index contributed by atoms with van der Waals surface area (Å²) in [6.45, 7) is -1.80. The van der Waals surface area contributed by atoms with Crippen LogP contribution in [-0.2, 0) is 4.74 Å². The molecule has 5 atom stereocenters. The van der Waals surface area contributed by atoms with Crippen molar-refractivity contribution in [2.24, 2.45) is 0 Å². The number of hydrogen-bond donors (Lipinski definition) is 4. The Morgan fingerprint density at radius 2 is 2.00 bits per heavy atom. The lowest BCUT2D eigenvalue weighted by molar-refractivity contribution is -0.195. The average molecular weight is 165 g/mol. The third-order valence-electron chi connectivity index (χ3n) is 1.65. The van der Waals surface area contributed by atoms with Gasteiger partial charge in [-0.25, -0.2) is 0 Å². The fourth-order valence-corrected chi connectivity index (χ4v) is 0.915. The molecule has 0 aromatic rings. The van der Waals surface area contributed by atoms with Crippen molar-refractivity contribution in [2.75, 3.05) is 13.2 Å². The molecular formula is C6H12O5. The highest BCUT2D eigenvalue weighted by molar-refractivity contribution is 4.85. The van der Waals surface area contributed by atoms with Gasteiger partial charge >= 0.3 is 0 Å². The lowest BCUT2D eigenvalue weighted by Gasteiger charge is -2.34. The van der Waals surface area contributed by atoms with Crippen molar-refractivity contribution in [3.8, 4) is 0 Å². The summed E-state index contributed by atoms with van der Waals surface area (Å²) in [5, 5.41) is 35.9. The SMILES string of the molecule is [2H][C@H]1O[C@H](CO)[C@@H](O)[C@H](O)[C@H]1O. The zero-order chi connectivity index (χ0) is 9.30. The second-order valence-electron chi connectivity index (χ2n) is 2.46. The molecule has 0 spiro atoms. The van der Waals surface area contributed by atoms with Gasteiger partial charge in [0.1, 0.15) is 24.4 Å². The summed E-state index contributed by atoms with van der Waals surface area (Å²) < 4.78 is 11.8. The third kappa shape index (κ3) is 1.69. The van der Waals surface area contributed by atoms with E-state index in [2.05, 4.69) is 4.74 Å². The summed E-state index contributed by atoms with van der Waals surface area (Å²) in [4.78, 5) is 0. The Bertz CT molecular complexity index is 150. The molecule has 0 unspecified atom stereocenters. The Hall–Kier alpha value is -0.200. The zero-order valence-electron chi connectivity index (χ0n) is 6.79. The minimum atomic E-state index is -1.43. The Balaban J connectivity index is 2.63. The van der Waals surface area contributed by atoms with E-state index in [-0.39, 0.29) is 0 Å². The third-order valence-corrected chi connectivity index (χ3v) is 1.65. The van der Waals surface area contributed by atoms with Crippen molar-refractivity contribution < 1.29 is 26.5 Å². The summed E-state index contributed by atoms with van der Waals surface area (Å²) in [5.74, 6) is 0. The summed E-state index contributed by atoms with van der Waals surface area (Å²) in [5.41, 5.74) is 0. The van der Waals surface area contributed by atoms with Crippen LogP contribution in [-0.4, -0.2) is 58.0 Å². The normalized spacial score (nSPS) is 53.8. The van der Waals surface area contributed by atoms with Crippen LogP contribution in [0.25, 0.3) is 0 Å². The van der Waals surface area contributed by atoms with Crippen molar-refractivity contribution in [1.29, 1.82) is 0 Å². The van der Waals surface area contributed by atoms with Crippen molar-refractivity contribution in [3.63, 3.8) is 0 Å². The fourth-order valence-electron chi connectivity index (χ4n) is 0.915. The van der Waals surface area contributed by atoms with Crippen LogP contribution in [0.3, 0.4) is 0 Å². The molecule has 4 N–H and O–H groups in total. The molecule has 0 saturated carbocycles. The van der Waals surface area contributed by atoms with Gasteiger partial charge in [-0.3, -0.25) is 0 Å². The molecule has 0 aliphatic carbocycles. The van der Waals surface area contributed by atoms with Gasteiger partial charge in [0, 0.05) is 0 Å². The topological polar surface area (TPSA) is 90.2 Å². The fraction of sp³-hybridized carbons (Fsp3) is 1.00. The molecule has 5 heteroatoms. The smallest absolute Gasteiger partial charge is 0.111 e. The number of rotatable bonds is 1. The van der Waals surface area contributed by atoms with Gasteiger partial charge in [0.05, 0.1) is 14.6 Å². The van der Waals surface area contributed by atoms with Crippen molar-refractivity contribution in [3.05, 3.63) is 0 Å². The van der Waals surface area contributed by atoms with Gasteiger partial charge in [0.25, 0.3) is 0 Å². The van der Waals surface area contributed by atoms with Gasteiger partial charge < -0.3 is 25.2 Å². The Morgan fingerprint density at radius 3 is 2.55 bits per heavy atom. The highest BCUT2D eigenvalue weighted by atomic mass is 16.5. The molecule has 11 heavy (non-hydrogen) atoms. The zero-order valence-corrected chi connectivity index (χ0v) is 5.79. The lowest BCUT2D eigenvalue weighted by Crippen LogP contribution is -2.53. The van der Waals surface area contributed by atoms with Crippen LogP contribution >= 0.6 is 0 Å². The van der Waals surface area contributed by atoms with Gasteiger partial charge in [-0.2, -0.15) is 0 Å². The van der Waals surface area contributed by atoms with Crippen molar-refractivity contribution in [1.82, 2.24) is 0 Å². The molecule has 5 nitrogen and oxygen atoms in total. The number of hydrogen-bond acceptors (Lipinski definition) is 5. The summed E-state index contributed by atoms with van der Waals surface area (Å²) in [7, 11) is 0. The van der Waals surface area contributed by atoms with E-state index >= 15 is 0 Å². The predicted molar refractivity (Wildman–Crippen MR) is 34.8 cm³/mol. The van der Waals surface area contributed by atoms with Crippen LogP contribution in [0.4, 0.5) is 0 Å². The van der Waals surface area contributed by atoms with Crippen LogP contribution in [0.5, 0.6) is 0 Å². The Labute approximate surface area is 65.3 Å². The maximum Gasteiger partial charge on any atom is 0.111 e. The first-order valence-electron chi connectivity index (χ1n) is 3.88. The van der Waals surface area contributed by atoms with Crippen LogP contribution in [0.1, 0.15) is 1.37 Å². The molecular weight excluding hydrogens is 152 g/mol. The predicted octanol–water partition coefficient (Wildman–Crippen LogP) is -2.54. The van der Waals surface area contributed by atoms with E-state index < -0.39 is 37.6 Å². The molecule has 0 aromatic carbocycles. The maximum atomic E-state index is 9.15. The van der Waals surface area contributed by atoms with Crippen LogP contribution < -0.4 is 0 Å². The van der Waals surface area contributed by atoms with E-state index in [0.29, 0.717) is 0 Å². The van der Waals surface area contributed by atoms with Gasteiger partial charge in [-0.1, -0.05) is 0 Å². The number of aliphatic hydroxyl groups is 4. The molecule has 1 aliphatic heterocycles. The van der Waals surface area contributed by atoms with Crippen LogP contribution in [0.2, 0.25) is 0 Å². The Morgan fingerprint density at radius 1 is 1.36 bits per heavy atom. The van der Waals surface area contributed by atoms with Crippen LogP contribution in [0, 0.1) is 0 Å². The minimum Gasteiger partial charge on any atom is -0.394 e. The van der Waals surface area contributed by atoms with Crippen LogP contribution in [0.15, 0.2) is 0 Å². The van der Waals surface area contributed by atoms with E-state index in [9.17, 15) is 0 Å². The molecule has 1 saturated heterocycles. The van der Waals surface area contributed by atoms with Gasteiger partial charge in [0.2, 0.25) is 0 Å². The van der Waals surface area contributed by atoms with Gasteiger partial charge in [-0.15, -0.1) is 0 Å². The number of aliphatic hydroxyl groups excluding tert-OH is 4. The van der Waals surface area contributed by atoms with Crippen molar-refractivity contribution in [2.45, 2.75) is 24.4 Å². The first-order valence-corrected chi connectivity index (χ1v) is 3.30. The van der Waals surface area contributed by atoms with E-state index in [1.165, 1.54) is 0 Å². The lowest BCUT2D eigenvalue weighted by atomic mass is 10.0. The molecule has 0 radical (unpaired) electrons. The molecule has 1 heterocycles. The maximum absolute atomic E-state index is 9.15. The average Bonchev–Trinajstić information content (AvgIpc) is 2.08. The molecule has 1 rings (SSSR count). The summed E-state index contributed by atoms with van der Waals surface area (Å²) in [6.07, 6.45) is -5.20. The largest absolute Gasteiger partial charge is 0.394 e. The standard InChI is InChI=1S/C6H12O5/c7-1-4-6(10)5(9)3(8)2-11-4/h3-10H,1-2H2/t3-,4+,5+,6+/m0/s1/i2D/t2-,3+,4-,5-,6-/m1. The van der Waals surface area contributed by atoms with Crippen molar-refractivity contribution >= 4 is 0 Å². The molecule has 0 aromatic heterocycles. The van der Waals surface area contributed by atoms with E-state index in [1.807, 2.05) is 0 Å². The second kappa shape index (κ2) is 3.46.